The maximum Gasteiger partial charge on any atom is 0.472 e. The number of rotatable bonds is 70. The van der Waals surface area contributed by atoms with E-state index in [4.69, 9.17) is 37.0 Å². The lowest BCUT2D eigenvalue weighted by molar-refractivity contribution is -0.161. The summed E-state index contributed by atoms with van der Waals surface area (Å²) < 4.78 is 68.2. The first kappa shape index (κ1) is 89.1. The molecule has 91 heavy (non-hydrogen) atoms. The van der Waals surface area contributed by atoms with Gasteiger partial charge in [0.25, 0.3) is 0 Å². The van der Waals surface area contributed by atoms with E-state index in [0.717, 1.165) is 120 Å². The van der Waals surface area contributed by atoms with Gasteiger partial charge >= 0.3 is 39.5 Å². The first-order valence-electron chi connectivity index (χ1n) is 37.4. The number of esters is 4. The van der Waals surface area contributed by atoms with Gasteiger partial charge in [-0.1, -0.05) is 312 Å². The third kappa shape index (κ3) is 65.1. The summed E-state index contributed by atoms with van der Waals surface area (Å²) in [5.74, 6) is 0.168. The largest absolute Gasteiger partial charge is 0.472 e. The zero-order valence-electron chi connectivity index (χ0n) is 59.3. The lowest BCUT2D eigenvalue weighted by atomic mass is 10.00. The van der Waals surface area contributed by atoms with Gasteiger partial charge in [-0.2, -0.15) is 0 Å². The summed E-state index contributed by atoms with van der Waals surface area (Å²) in [6, 6.07) is 0. The molecule has 6 atom stereocenters. The zero-order chi connectivity index (χ0) is 67.3. The Bertz CT molecular complexity index is 1790. The number of carbonyl (C=O) groups excluding carboxylic acids is 4. The fourth-order valence-corrected chi connectivity index (χ4v) is 12.4. The molecule has 0 aromatic heterocycles. The summed E-state index contributed by atoms with van der Waals surface area (Å²) in [7, 11) is -9.90. The molecule has 0 aromatic rings. The first-order chi connectivity index (χ1) is 43.8. The van der Waals surface area contributed by atoms with E-state index in [9.17, 15) is 43.2 Å². The third-order valence-electron chi connectivity index (χ3n) is 17.0. The maximum atomic E-state index is 13.0. The van der Waals surface area contributed by atoms with Crippen molar-refractivity contribution in [1.29, 1.82) is 0 Å². The van der Waals surface area contributed by atoms with Crippen molar-refractivity contribution in [1.82, 2.24) is 0 Å². The van der Waals surface area contributed by atoms with Crippen molar-refractivity contribution in [2.45, 2.75) is 381 Å². The number of hydrogen-bond acceptors (Lipinski definition) is 15. The second-order valence-electron chi connectivity index (χ2n) is 27.2. The number of hydrogen-bond donors (Lipinski definition) is 3. The van der Waals surface area contributed by atoms with Crippen LogP contribution in [0.4, 0.5) is 0 Å². The van der Waals surface area contributed by atoms with Crippen molar-refractivity contribution in [2.24, 2.45) is 17.8 Å². The fraction of sp³-hybridized carbons (Fsp3) is 0.944. The molecular formula is C72H140O17P2. The Morgan fingerprint density at radius 3 is 0.835 bits per heavy atom. The van der Waals surface area contributed by atoms with E-state index in [2.05, 4.69) is 48.5 Å². The van der Waals surface area contributed by atoms with Crippen molar-refractivity contribution >= 4 is 39.5 Å². The number of ether oxygens (including phenoxy) is 4. The van der Waals surface area contributed by atoms with Crippen LogP contribution in [0.3, 0.4) is 0 Å². The van der Waals surface area contributed by atoms with Crippen molar-refractivity contribution in [3.05, 3.63) is 0 Å². The average molecular weight is 1340 g/mol. The Morgan fingerprint density at radius 1 is 0.319 bits per heavy atom. The molecule has 0 aliphatic rings. The molecule has 0 aliphatic carbocycles. The molecule has 0 rings (SSSR count). The molecule has 19 heteroatoms. The highest BCUT2D eigenvalue weighted by atomic mass is 31.2. The predicted octanol–water partition coefficient (Wildman–Crippen LogP) is 20.6. The van der Waals surface area contributed by atoms with Gasteiger partial charge in [-0.25, -0.2) is 9.13 Å². The number of unbranched alkanes of at least 4 members (excludes halogenated alkanes) is 37. The van der Waals surface area contributed by atoms with Crippen LogP contribution in [0.2, 0.25) is 0 Å². The van der Waals surface area contributed by atoms with E-state index >= 15 is 0 Å². The highest BCUT2D eigenvalue weighted by Crippen LogP contribution is 2.45. The number of phosphoric ester groups is 2. The molecule has 0 fully saturated rings. The van der Waals surface area contributed by atoms with Crippen LogP contribution in [0.1, 0.15) is 363 Å². The third-order valence-corrected chi connectivity index (χ3v) is 18.9. The molecule has 3 N–H and O–H groups in total. The second-order valence-corrected chi connectivity index (χ2v) is 30.1. The SMILES string of the molecule is CCCCCCCCCC(=O)OC[C@H](COP(=O)(O)OC[C@H](O)COP(=O)(O)OC[C@@H](COC(=O)CCCCCCCCCCCCC(C)C)OC(=O)CCCCCCCCCCCCCCCCCCCCC(C)C)OC(=O)CCCCCCCCC(C)CC. The lowest BCUT2D eigenvalue weighted by Gasteiger charge is -2.21. The Kier molecular flexibility index (Phi) is 61.5. The molecule has 0 saturated heterocycles. The van der Waals surface area contributed by atoms with Gasteiger partial charge in [0.2, 0.25) is 0 Å². The number of carbonyl (C=O) groups is 4. The summed E-state index contributed by atoms with van der Waals surface area (Å²) in [5, 5.41) is 10.6. The standard InChI is InChI=1S/C72H140O17P2/c1-8-10-11-12-29-39-46-53-69(74)82-59-68(89-72(77)56-49-42-35-34-38-45-52-65(7)9-2)62-87-91(80,81)85-58-66(73)57-84-90(78,79)86-61-67(60-83-70(75)54-47-40-32-27-24-23-26-31-37-44-51-64(5)6)88-71(76)55-48-41-33-28-22-20-18-16-14-13-15-17-19-21-25-30-36-43-50-63(3)4/h63-68,73H,8-62H2,1-7H3,(H,78,79)(H,80,81)/t65?,66-,67-,68-/m1/s1. The summed E-state index contributed by atoms with van der Waals surface area (Å²) in [5.41, 5.74) is 0. The van der Waals surface area contributed by atoms with Gasteiger partial charge in [0.15, 0.2) is 12.2 Å². The Morgan fingerprint density at radius 2 is 0.560 bits per heavy atom. The predicted molar refractivity (Wildman–Crippen MR) is 368 cm³/mol. The normalized spacial score (nSPS) is 14.5. The molecule has 17 nitrogen and oxygen atoms in total. The van der Waals surface area contributed by atoms with Gasteiger partial charge in [0.1, 0.15) is 19.3 Å². The topological polar surface area (TPSA) is 237 Å². The summed E-state index contributed by atoms with van der Waals surface area (Å²) in [4.78, 5) is 72.4. The van der Waals surface area contributed by atoms with Crippen molar-refractivity contribution in [3.8, 4) is 0 Å². The number of phosphoric acid groups is 2. The van der Waals surface area contributed by atoms with E-state index in [-0.39, 0.29) is 25.7 Å². The van der Waals surface area contributed by atoms with Crippen LogP contribution in [0.25, 0.3) is 0 Å². The second kappa shape index (κ2) is 62.8. The van der Waals surface area contributed by atoms with Crippen LogP contribution in [0.5, 0.6) is 0 Å². The Balaban J connectivity index is 5.16. The Hall–Kier alpha value is -1.94. The molecule has 0 aromatic carbocycles. The van der Waals surface area contributed by atoms with Gasteiger partial charge in [-0.05, 0) is 43.4 Å². The van der Waals surface area contributed by atoms with Crippen molar-refractivity contribution in [2.75, 3.05) is 39.6 Å². The molecule has 3 unspecified atom stereocenters. The van der Waals surface area contributed by atoms with Crippen LogP contribution >= 0.6 is 15.6 Å². The van der Waals surface area contributed by atoms with Gasteiger partial charge in [0.05, 0.1) is 26.4 Å². The summed E-state index contributed by atoms with van der Waals surface area (Å²) in [6.45, 7) is 11.8. The van der Waals surface area contributed by atoms with Gasteiger partial charge in [0, 0.05) is 25.7 Å². The van der Waals surface area contributed by atoms with Crippen molar-refractivity contribution in [3.63, 3.8) is 0 Å². The first-order valence-corrected chi connectivity index (χ1v) is 40.4. The van der Waals surface area contributed by atoms with Crippen LogP contribution in [0, 0.1) is 17.8 Å². The minimum Gasteiger partial charge on any atom is -0.462 e. The van der Waals surface area contributed by atoms with E-state index in [1.807, 2.05) is 0 Å². The number of aliphatic hydroxyl groups is 1. The van der Waals surface area contributed by atoms with E-state index in [0.29, 0.717) is 25.7 Å². The molecule has 540 valence electrons. The van der Waals surface area contributed by atoms with Gasteiger partial charge < -0.3 is 33.8 Å². The van der Waals surface area contributed by atoms with E-state index < -0.39 is 97.5 Å². The molecule has 0 amide bonds. The molecular weight excluding hydrogens is 1200 g/mol. The van der Waals surface area contributed by atoms with Crippen LogP contribution in [-0.4, -0.2) is 96.7 Å². The monoisotopic (exact) mass is 1340 g/mol. The Labute approximate surface area is 556 Å². The molecule has 0 aliphatic heterocycles. The number of aliphatic hydroxyl groups excluding tert-OH is 1. The van der Waals surface area contributed by atoms with Gasteiger partial charge in [-0.3, -0.25) is 37.3 Å². The minimum atomic E-state index is -4.95. The van der Waals surface area contributed by atoms with Crippen LogP contribution in [0.15, 0.2) is 0 Å². The summed E-state index contributed by atoms with van der Waals surface area (Å²) >= 11 is 0. The average Bonchev–Trinajstić information content (AvgIpc) is 2.92. The molecule has 0 heterocycles. The maximum absolute atomic E-state index is 13.0. The zero-order valence-corrected chi connectivity index (χ0v) is 61.1. The fourth-order valence-electron chi connectivity index (χ4n) is 10.9. The van der Waals surface area contributed by atoms with Gasteiger partial charge in [-0.15, -0.1) is 0 Å². The summed E-state index contributed by atoms with van der Waals surface area (Å²) in [6.07, 6.45) is 47.5. The van der Waals surface area contributed by atoms with Crippen LogP contribution in [-0.2, 0) is 65.4 Å². The molecule has 0 spiro atoms. The highest BCUT2D eigenvalue weighted by Gasteiger charge is 2.30. The highest BCUT2D eigenvalue weighted by molar-refractivity contribution is 7.47. The quantitative estimate of drug-likeness (QED) is 0.0222. The van der Waals surface area contributed by atoms with Crippen molar-refractivity contribution < 1.29 is 80.2 Å². The van der Waals surface area contributed by atoms with Crippen LogP contribution < -0.4 is 0 Å². The molecule has 0 saturated carbocycles. The minimum absolute atomic E-state index is 0.102. The molecule has 0 radical (unpaired) electrons. The lowest BCUT2D eigenvalue weighted by Crippen LogP contribution is -2.30. The molecule has 0 bridgehead atoms. The van der Waals surface area contributed by atoms with E-state index in [1.165, 1.54) is 161 Å². The van der Waals surface area contributed by atoms with E-state index in [1.54, 1.807) is 0 Å². The smallest absolute Gasteiger partial charge is 0.462 e.